The Morgan fingerprint density at radius 1 is 1.14 bits per heavy atom. The van der Waals surface area contributed by atoms with Gasteiger partial charge in [0.1, 0.15) is 16.6 Å². The van der Waals surface area contributed by atoms with E-state index >= 15 is 0 Å². The van der Waals surface area contributed by atoms with Gasteiger partial charge in [0.05, 0.1) is 0 Å². The van der Waals surface area contributed by atoms with E-state index in [9.17, 15) is 8.42 Å². The van der Waals surface area contributed by atoms with Crippen molar-refractivity contribution in [3.63, 3.8) is 0 Å². The van der Waals surface area contributed by atoms with E-state index in [2.05, 4.69) is 10.8 Å². The zero-order chi connectivity index (χ0) is 15.4. The first-order chi connectivity index (χ1) is 10.7. The van der Waals surface area contributed by atoms with Crippen LogP contribution in [0.5, 0.6) is 5.75 Å². The second-order valence-corrected chi connectivity index (χ2v) is 8.22. The minimum absolute atomic E-state index is 0.268. The van der Waals surface area contributed by atoms with Gasteiger partial charge in [0, 0.05) is 6.54 Å². The van der Waals surface area contributed by atoms with E-state index in [0.29, 0.717) is 10.8 Å². The largest absolute Gasteiger partial charge is 0.492 e. The highest BCUT2D eigenvalue weighted by Crippen LogP contribution is 2.29. The van der Waals surface area contributed by atoms with Gasteiger partial charge in [-0.1, -0.05) is 18.2 Å². The molecular weight excluding hydrogens is 318 g/mol. The van der Waals surface area contributed by atoms with Crippen molar-refractivity contribution in [2.45, 2.75) is 29.9 Å². The summed E-state index contributed by atoms with van der Waals surface area (Å²) in [5, 5.41) is 1.75. The Kier molecular flexibility index (Phi) is 4.81. The van der Waals surface area contributed by atoms with Crippen molar-refractivity contribution in [2.75, 3.05) is 13.2 Å². The monoisotopic (exact) mass is 337 g/mol. The molecule has 22 heavy (non-hydrogen) atoms. The van der Waals surface area contributed by atoms with Gasteiger partial charge in [-0.3, -0.25) is 0 Å². The van der Waals surface area contributed by atoms with E-state index in [4.69, 9.17) is 4.74 Å². The number of ether oxygens (including phenoxy) is 1. The van der Waals surface area contributed by atoms with Gasteiger partial charge in [0.25, 0.3) is 0 Å². The quantitative estimate of drug-likeness (QED) is 0.825. The molecule has 1 N–H and O–H groups in total. The van der Waals surface area contributed by atoms with E-state index in [1.165, 1.54) is 35.3 Å². The molecule has 4 nitrogen and oxygen atoms in total. The number of rotatable bonds is 6. The molecular formula is C16H19NO3S2. The molecule has 1 heterocycles. The van der Waals surface area contributed by atoms with Crippen molar-refractivity contribution >= 4 is 21.4 Å². The molecule has 0 aliphatic heterocycles. The maximum atomic E-state index is 12.0. The Morgan fingerprint density at radius 2 is 2.00 bits per heavy atom. The normalized spacial score (nSPS) is 14.5. The highest BCUT2D eigenvalue weighted by molar-refractivity contribution is 7.91. The molecule has 0 fully saturated rings. The minimum Gasteiger partial charge on any atom is -0.492 e. The molecule has 2 aromatic rings. The molecule has 1 aromatic heterocycles. The van der Waals surface area contributed by atoms with Gasteiger partial charge in [-0.05, 0) is 54.3 Å². The zero-order valence-electron chi connectivity index (χ0n) is 12.2. The Balaban J connectivity index is 1.56. The molecule has 1 aromatic carbocycles. The van der Waals surface area contributed by atoms with Gasteiger partial charge in [0.15, 0.2) is 0 Å². The van der Waals surface area contributed by atoms with Crippen LogP contribution in [0.2, 0.25) is 0 Å². The second kappa shape index (κ2) is 6.81. The number of hydrogen-bond donors (Lipinski definition) is 1. The summed E-state index contributed by atoms with van der Waals surface area (Å²) >= 11 is 1.21. The van der Waals surface area contributed by atoms with Crippen LogP contribution in [-0.4, -0.2) is 21.6 Å². The van der Waals surface area contributed by atoms with Crippen LogP contribution in [0.3, 0.4) is 0 Å². The number of thiophene rings is 1. The van der Waals surface area contributed by atoms with Crippen molar-refractivity contribution < 1.29 is 13.2 Å². The Hall–Kier alpha value is -1.37. The fraction of sp³-hybridized carbons (Fsp3) is 0.375. The minimum atomic E-state index is -3.40. The van der Waals surface area contributed by atoms with E-state index in [1.807, 2.05) is 12.1 Å². The maximum Gasteiger partial charge on any atom is 0.250 e. The predicted molar refractivity (Wildman–Crippen MR) is 88.1 cm³/mol. The molecule has 0 unspecified atom stereocenters. The standard InChI is InChI=1S/C16H19NO3S2/c18-22(19,16-9-4-12-21-16)17-10-11-20-15-8-3-6-13-5-1-2-7-14(13)15/h3-4,6,8-9,12,17H,1-2,5,7,10-11H2. The van der Waals surface area contributed by atoms with E-state index < -0.39 is 10.0 Å². The number of nitrogens with one attached hydrogen (secondary N) is 1. The van der Waals surface area contributed by atoms with Gasteiger partial charge in [0.2, 0.25) is 10.0 Å². The predicted octanol–water partition coefficient (Wildman–Crippen LogP) is 2.98. The van der Waals surface area contributed by atoms with Crippen LogP contribution in [0.4, 0.5) is 0 Å². The van der Waals surface area contributed by atoms with Gasteiger partial charge in [-0.2, -0.15) is 0 Å². The summed E-state index contributed by atoms with van der Waals surface area (Å²) in [6.45, 7) is 0.602. The summed E-state index contributed by atoms with van der Waals surface area (Å²) in [6, 6.07) is 9.46. The number of sulfonamides is 1. The topological polar surface area (TPSA) is 55.4 Å². The second-order valence-electron chi connectivity index (χ2n) is 5.28. The van der Waals surface area contributed by atoms with Crippen molar-refractivity contribution in [2.24, 2.45) is 0 Å². The molecule has 0 saturated heterocycles. The van der Waals surface area contributed by atoms with E-state index in [1.54, 1.807) is 17.5 Å². The van der Waals surface area contributed by atoms with Crippen LogP contribution in [0.25, 0.3) is 0 Å². The molecule has 1 aliphatic carbocycles. The SMILES string of the molecule is O=S(=O)(NCCOc1cccc2c1CCCC2)c1cccs1. The average molecular weight is 337 g/mol. The van der Waals surface area contributed by atoms with Crippen LogP contribution >= 0.6 is 11.3 Å². The first-order valence-corrected chi connectivity index (χ1v) is 9.80. The molecule has 0 spiro atoms. The lowest BCUT2D eigenvalue weighted by Gasteiger charge is -2.19. The number of fused-ring (bicyclic) bond motifs is 1. The Bertz CT molecular complexity index is 724. The molecule has 6 heteroatoms. The average Bonchev–Trinajstić information content (AvgIpc) is 3.07. The molecule has 0 radical (unpaired) electrons. The van der Waals surface area contributed by atoms with Crippen molar-refractivity contribution in [3.8, 4) is 5.75 Å². The summed E-state index contributed by atoms with van der Waals surface area (Å²) in [4.78, 5) is 0. The Labute approximate surface area is 135 Å². The van der Waals surface area contributed by atoms with Crippen LogP contribution < -0.4 is 9.46 Å². The lowest BCUT2D eigenvalue weighted by Crippen LogP contribution is -2.27. The summed E-state index contributed by atoms with van der Waals surface area (Å²) in [5.74, 6) is 0.896. The summed E-state index contributed by atoms with van der Waals surface area (Å²) in [7, 11) is -3.40. The van der Waals surface area contributed by atoms with Crippen LogP contribution in [0, 0.1) is 0 Å². The highest BCUT2D eigenvalue weighted by Gasteiger charge is 2.15. The summed E-state index contributed by atoms with van der Waals surface area (Å²) < 4.78 is 32.7. The fourth-order valence-corrected chi connectivity index (χ4v) is 4.76. The van der Waals surface area contributed by atoms with Crippen molar-refractivity contribution in [1.82, 2.24) is 4.72 Å². The fourth-order valence-electron chi connectivity index (χ4n) is 2.71. The van der Waals surface area contributed by atoms with E-state index in [-0.39, 0.29) is 6.54 Å². The molecule has 0 bridgehead atoms. The lowest BCUT2D eigenvalue weighted by molar-refractivity contribution is 0.318. The first kappa shape index (κ1) is 15.5. The van der Waals surface area contributed by atoms with E-state index in [0.717, 1.165) is 18.6 Å². The number of benzene rings is 1. The smallest absolute Gasteiger partial charge is 0.250 e. The Morgan fingerprint density at radius 3 is 2.82 bits per heavy atom. The van der Waals surface area contributed by atoms with Gasteiger partial charge in [-0.15, -0.1) is 11.3 Å². The molecule has 0 amide bonds. The first-order valence-electron chi connectivity index (χ1n) is 7.43. The summed E-state index contributed by atoms with van der Waals surface area (Å²) in [5.41, 5.74) is 2.65. The number of aryl methyl sites for hydroxylation is 1. The van der Waals surface area contributed by atoms with Crippen LogP contribution in [0.1, 0.15) is 24.0 Å². The highest BCUT2D eigenvalue weighted by atomic mass is 32.2. The number of hydrogen-bond acceptors (Lipinski definition) is 4. The molecule has 118 valence electrons. The van der Waals surface area contributed by atoms with Gasteiger partial charge < -0.3 is 4.74 Å². The van der Waals surface area contributed by atoms with Gasteiger partial charge in [-0.25, -0.2) is 13.1 Å². The molecule has 3 rings (SSSR count). The molecule has 0 saturated carbocycles. The van der Waals surface area contributed by atoms with Crippen molar-refractivity contribution in [3.05, 3.63) is 46.8 Å². The third-order valence-electron chi connectivity index (χ3n) is 3.76. The summed E-state index contributed by atoms with van der Waals surface area (Å²) in [6.07, 6.45) is 4.58. The lowest BCUT2D eigenvalue weighted by atomic mass is 9.91. The third kappa shape index (κ3) is 3.51. The van der Waals surface area contributed by atoms with Crippen LogP contribution in [-0.2, 0) is 22.9 Å². The maximum absolute atomic E-state index is 12.0. The molecule has 1 aliphatic rings. The third-order valence-corrected chi connectivity index (χ3v) is 6.62. The zero-order valence-corrected chi connectivity index (χ0v) is 13.9. The van der Waals surface area contributed by atoms with Gasteiger partial charge >= 0.3 is 0 Å². The van der Waals surface area contributed by atoms with Crippen molar-refractivity contribution in [1.29, 1.82) is 0 Å². The molecule has 0 atom stereocenters. The van der Waals surface area contributed by atoms with Crippen LogP contribution in [0.15, 0.2) is 39.9 Å².